The van der Waals surface area contributed by atoms with E-state index in [9.17, 15) is 0 Å². The maximum absolute atomic E-state index is 3.56. The molecule has 0 unspecified atom stereocenters. The van der Waals surface area contributed by atoms with Crippen molar-refractivity contribution in [2.45, 2.75) is 46.7 Å². The fourth-order valence-corrected chi connectivity index (χ4v) is 3.53. The first-order valence-corrected chi connectivity index (χ1v) is 10.7. The zero-order valence-electron chi connectivity index (χ0n) is 18.1. The molecule has 0 bridgehead atoms. The third kappa shape index (κ3) is 7.16. The minimum Gasteiger partial charge on any atom is -0.312 e. The van der Waals surface area contributed by atoms with E-state index in [1.54, 1.807) is 0 Å². The number of hydrogen-bond donors (Lipinski definition) is 2. The second kappa shape index (κ2) is 10.9. The predicted molar refractivity (Wildman–Crippen MR) is 124 cm³/mol. The third-order valence-corrected chi connectivity index (χ3v) is 5.47. The standard InChI is InChI=1S/C27H34N2/c1-21-4-8-25(9-5-21)19-28-16-14-24-12-13-27(23(3)18-24)15-17-29-20-26-10-6-22(2)7-11-26/h4-13,18,28-29H,14-17,19-20H2,1-3H3. The summed E-state index contributed by atoms with van der Waals surface area (Å²) in [6, 6.07) is 24.5. The monoisotopic (exact) mass is 386 g/mol. The lowest BCUT2D eigenvalue weighted by Crippen LogP contribution is -2.17. The molecule has 0 aromatic heterocycles. The number of benzene rings is 3. The van der Waals surface area contributed by atoms with Crippen LogP contribution in [0.2, 0.25) is 0 Å². The molecule has 0 aliphatic heterocycles. The van der Waals surface area contributed by atoms with E-state index in [0.29, 0.717) is 0 Å². The van der Waals surface area contributed by atoms with E-state index in [1.807, 2.05) is 0 Å². The second-order valence-electron chi connectivity index (χ2n) is 8.09. The van der Waals surface area contributed by atoms with Crippen LogP contribution in [0.1, 0.15) is 38.9 Å². The van der Waals surface area contributed by atoms with Crippen LogP contribution in [-0.2, 0) is 25.9 Å². The normalized spacial score (nSPS) is 11.0. The predicted octanol–water partition coefficient (Wildman–Crippen LogP) is 5.28. The van der Waals surface area contributed by atoms with Crippen LogP contribution in [0, 0.1) is 20.8 Å². The van der Waals surface area contributed by atoms with Gasteiger partial charge in [-0.3, -0.25) is 0 Å². The summed E-state index contributed by atoms with van der Waals surface area (Å²) in [5, 5.41) is 7.12. The van der Waals surface area contributed by atoms with Gasteiger partial charge in [-0.05, 0) is 74.5 Å². The molecule has 0 aliphatic rings. The highest BCUT2D eigenvalue weighted by Gasteiger charge is 2.02. The van der Waals surface area contributed by atoms with Crippen LogP contribution in [-0.4, -0.2) is 13.1 Å². The Morgan fingerprint density at radius 1 is 0.552 bits per heavy atom. The molecule has 0 heterocycles. The molecule has 3 aromatic rings. The summed E-state index contributed by atoms with van der Waals surface area (Å²) in [6.45, 7) is 10.4. The first-order chi connectivity index (χ1) is 14.1. The van der Waals surface area contributed by atoms with E-state index in [4.69, 9.17) is 0 Å². The van der Waals surface area contributed by atoms with Crippen molar-refractivity contribution >= 4 is 0 Å². The SMILES string of the molecule is Cc1ccc(CNCCc2ccc(CCNCc3ccc(C)cc3)c(C)c2)cc1. The minimum absolute atomic E-state index is 0.935. The van der Waals surface area contributed by atoms with Crippen LogP contribution >= 0.6 is 0 Å². The fourth-order valence-electron chi connectivity index (χ4n) is 3.53. The second-order valence-corrected chi connectivity index (χ2v) is 8.09. The minimum atomic E-state index is 0.935. The molecule has 0 atom stereocenters. The average molecular weight is 387 g/mol. The van der Waals surface area contributed by atoms with Crippen LogP contribution in [0.3, 0.4) is 0 Å². The van der Waals surface area contributed by atoms with E-state index in [0.717, 1.165) is 39.0 Å². The Kier molecular flexibility index (Phi) is 8.03. The summed E-state index contributed by atoms with van der Waals surface area (Å²) >= 11 is 0. The van der Waals surface area contributed by atoms with Gasteiger partial charge in [0, 0.05) is 13.1 Å². The van der Waals surface area contributed by atoms with Gasteiger partial charge in [-0.15, -0.1) is 0 Å². The van der Waals surface area contributed by atoms with Crippen molar-refractivity contribution in [3.63, 3.8) is 0 Å². The van der Waals surface area contributed by atoms with Gasteiger partial charge in [0.15, 0.2) is 0 Å². The van der Waals surface area contributed by atoms with Crippen molar-refractivity contribution in [1.29, 1.82) is 0 Å². The lowest BCUT2D eigenvalue weighted by atomic mass is 10.0. The van der Waals surface area contributed by atoms with E-state index >= 15 is 0 Å². The number of nitrogens with one attached hydrogen (secondary N) is 2. The average Bonchev–Trinajstić information content (AvgIpc) is 2.72. The lowest BCUT2D eigenvalue weighted by Gasteiger charge is -2.11. The van der Waals surface area contributed by atoms with Gasteiger partial charge in [0.1, 0.15) is 0 Å². The van der Waals surface area contributed by atoms with Crippen molar-refractivity contribution < 1.29 is 0 Å². The molecule has 0 spiro atoms. The number of aryl methyl sites for hydroxylation is 3. The highest BCUT2D eigenvalue weighted by atomic mass is 14.8. The van der Waals surface area contributed by atoms with Crippen LogP contribution in [0.5, 0.6) is 0 Å². The quantitative estimate of drug-likeness (QED) is 0.464. The van der Waals surface area contributed by atoms with E-state index < -0.39 is 0 Å². The van der Waals surface area contributed by atoms with Crippen molar-refractivity contribution in [1.82, 2.24) is 10.6 Å². The Labute approximate surface area is 176 Å². The summed E-state index contributed by atoms with van der Waals surface area (Å²) in [7, 11) is 0. The van der Waals surface area contributed by atoms with Crippen molar-refractivity contribution in [2.75, 3.05) is 13.1 Å². The zero-order valence-corrected chi connectivity index (χ0v) is 18.1. The van der Waals surface area contributed by atoms with Gasteiger partial charge in [0.05, 0.1) is 0 Å². The summed E-state index contributed by atoms with van der Waals surface area (Å²) < 4.78 is 0. The fraction of sp³-hybridized carbons (Fsp3) is 0.333. The molecule has 0 saturated carbocycles. The smallest absolute Gasteiger partial charge is 0.0205 e. The van der Waals surface area contributed by atoms with Gasteiger partial charge >= 0.3 is 0 Å². The van der Waals surface area contributed by atoms with Crippen LogP contribution in [0.4, 0.5) is 0 Å². The first kappa shape index (κ1) is 21.3. The van der Waals surface area contributed by atoms with Gasteiger partial charge in [0.2, 0.25) is 0 Å². The molecule has 3 aromatic carbocycles. The van der Waals surface area contributed by atoms with Gasteiger partial charge in [-0.1, -0.05) is 77.9 Å². The summed E-state index contributed by atoms with van der Waals surface area (Å²) in [5.41, 5.74) is 9.58. The van der Waals surface area contributed by atoms with Crippen LogP contribution in [0.25, 0.3) is 0 Å². The number of rotatable bonds is 10. The summed E-state index contributed by atoms with van der Waals surface area (Å²) in [4.78, 5) is 0. The molecule has 0 amide bonds. The molecule has 2 N–H and O–H groups in total. The van der Waals surface area contributed by atoms with Gasteiger partial charge in [0.25, 0.3) is 0 Å². The first-order valence-electron chi connectivity index (χ1n) is 10.7. The molecule has 29 heavy (non-hydrogen) atoms. The Hall–Kier alpha value is -2.42. The molecule has 152 valence electrons. The Bertz CT molecular complexity index is 879. The third-order valence-electron chi connectivity index (χ3n) is 5.47. The van der Waals surface area contributed by atoms with Gasteiger partial charge in [-0.2, -0.15) is 0 Å². The molecule has 2 nitrogen and oxygen atoms in total. The zero-order chi connectivity index (χ0) is 20.5. The number of hydrogen-bond acceptors (Lipinski definition) is 2. The molecule has 3 rings (SSSR count). The van der Waals surface area contributed by atoms with E-state index in [2.05, 4.69) is 98.1 Å². The topological polar surface area (TPSA) is 24.1 Å². The molecule has 0 aliphatic carbocycles. The summed E-state index contributed by atoms with van der Waals surface area (Å²) in [6.07, 6.45) is 2.14. The van der Waals surface area contributed by atoms with Crippen molar-refractivity contribution in [3.8, 4) is 0 Å². The molecule has 0 radical (unpaired) electrons. The lowest BCUT2D eigenvalue weighted by molar-refractivity contribution is 0.681. The largest absolute Gasteiger partial charge is 0.312 e. The molecular formula is C27H34N2. The highest BCUT2D eigenvalue weighted by Crippen LogP contribution is 2.12. The molecule has 2 heteroatoms. The highest BCUT2D eigenvalue weighted by molar-refractivity contribution is 5.31. The van der Waals surface area contributed by atoms with Gasteiger partial charge < -0.3 is 10.6 Å². The Morgan fingerprint density at radius 2 is 1.03 bits per heavy atom. The van der Waals surface area contributed by atoms with Crippen LogP contribution < -0.4 is 10.6 Å². The van der Waals surface area contributed by atoms with Crippen molar-refractivity contribution in [2.24, 2.45) is 0 Å². The maximum Gasteiger partial charge on any atom is 0.0205 e. The van der Waals surface area contributed by atoms with E-state index in [1.165, 1.54) is 38.9 Å². The molecule has 0 fully saturated rings. The molecular weight excluding hydrogens is 352 g/mol. The van der Waals surface area contributed by atoms with Crippen molar-refractivity contribution in [3.05, 3.63) is 106 Å². The van der Waals surface area contributed by atoms with E-state index in [-0.39, 0.29) is 0 Å². The Morgan fingerprint density at radius 3 is 1.55 bits per heavy atom. The maximum atomic E-state index is 3.56. The summed E-state index contributed by atoms with van der Waals surface area (Å²) in [5.74, 6) is 0. The Balaban J connectivity index is 1.37. The van der Waals surface area contributed by atoms with Gasteiger partial charge in [-0.25, -0.2) is 0 Å². The van der Waals surface area contributed by atoms with Crippen LogP contribution in [0.15, 0.2) is 66.7 Å². The molecule has 0 saturated heterocycles.